The van der Waals surface area contributed by atoms with Crippen molar-refractivity contribution in [3.63, 3.8) is 0 Å². The molecule has 3 rings (SSSR count). The lowest BCUT2D eigenvalue weighted by atomic mass is 10.1. The van der Waals surface area contributed by atoms with E-state index in [2.05, 4.69) is 10.1 Å². The zero-order valence-electron chi connectivity index (χ0n) is 11.8. The minimum absolute atomic E-state index is 0.603. The van der Waals surface area contributed by atoms with Gasteiger partial charge in [-0.15, -0.1) is 0 Å². The molecule has 2 heterocycles. The van der Waals surface area contributed by atoms with Gasteiger partial charge in [-0.05, 0) is 36.4 Å². The molecule has 6 nitrogen and oxygen atoms in total. The van der Waals surface area contributed by atoms with Crippen LogP contribution >= 0.6 is 0 Å². The number of carbonyl (C=O) groups is 1. The number of hydrogen-bond acceptors (Lipinski definition) is 4. The maximum Gasteiger partial charge on any atom is 0.328 e. The lowest BCUT2D eigenvalue weighted by Gasteiger charge is -2.01. The van der Waals surface area contributed by atoms with Gasteiger partial charge in [-0.3, -0.25) is 0 Å². The number of carboxylic acids is 1. The molecule has 1 aromatic carbocycles. The molecule has 3 aromatic rings. The smallest absolute Gasteiger partial charge is 0.328 e. The number of rotatable bonds is 4. The first kappa shape index (κ1) is 13.8. The second-order valence-electron chi connectivity index (χ2n) is 4.55. The Kier molecular flexibility index (Phi) is 3.57. The van der Waals surface area contributed by atoms with Crippen LogP contribution in [0, 0.1) is 0 Å². The molecule has 2 aromatic heterocycles. The number of methoxy groups -OCH3 is 1. The topological polar surface area (TPSA) is 76.7 Å². The minimum Gasteiger partial charge on any atom is -0.497 e. The molecule has 110 valence electrons. The average molecular weight is 295 g/mol. The highest BCUT2D eigenvalue weighted by Crippen LogP contribution is 2.27. The van der Waals surface area contributed by atoms with Crippen molar-refractivity contribution in [3.8, 4) is 17.0 Å². The van der Waals surface area contributed by atoms with Crippen LogP contribution in [-0.2, 0) is 4.79 Å². The molecular weight excluding hydrogens is 282 g/mol. The van der Waals surface area contributed by atoms with Gasteiger partial charge in [0, 0.05) is 29.6 Å². The van der Waals surface area contributed by atoms with E-state index in [1.165, 1.54) is 6.08 Å². The number of ether oxygens (including phenoxy) is 1. The van der Waals surface area contributed by atoms with E-state index in [1.807, 2.05) is 24.3 Å². The lowest BCUT2D eigenvalue weighted by molar-refractivity contribution is -0.131. The van der Waals surface area contributed by atoms with Crippen LogP contribution in [0.5, 0.6) is 5.75 Å². The summed E-state index contributed by atoms with van der Waals surface area (Å²) >= 11 is 0. The number of benzene rings is 1. The molecule has 0 aliphatic rings. The van der Waals surface area contributed by atoms with Gasteiger partial charge in [-0.2, -0.15) is 5.10 Å². The highest BCUT2D eigenvalue weighted by Gasteiger charge is 2.13. The number of nitrogens with zero attached hydrogens (tertiary/aromatic N) is 3. The molecule has 0 saturated heterocycles. The first-order chi connectivity index (χ1) is 10.7. The molecule has 0 fully saturated rings. The predicted octanol–water partition coefficient (Wildman–Crippen LogP) is 2.50. The van der Waals surface area contributed by atoms with Gasteiger partial charge in [0.2, 0.25) is 0 Å². The highest BCUT2D eigenvalue weighted by atomic mass is 16.5. The van der Waals surface area contributed by atoms with Gasteiger partial charge in [-0.25, -0.2) is 14.3 Å². The SMILES string of the molecule is COc1ccc(-c2nn3cccnc3c2/C=C/C(=O)O)cc1. The third kappa shape index (κ3) is 2.54. The quantitative estimate of drug-likeness (QED) is 0.748. The van der Waals surface area contributed by atoms with E-state index in [4.69, 9.17) is 9.84 Å². The third-order valence-electron chi connectivity index (χ3n) is 3.19. The summed E-state index contributed by atoms with van der Waals surface area (Å²) in [6.45, 7) is 0. The van der Waals surface area contributed by atoms with Crippen molar-refractivity contribution in [1.29, 1.82) is 0 Å². The van der Waals surface area contributed by atoms with E-state index in [-0.39, 0.29) is 0 Å². The molecular formula is C16H13N3O3. The normalized spacial score (nSPS) is 11.1. The predicted molar refractivity (Wildman–Crippen MR) is 81.6 cm³/mol. The van der Waals surface area contributed by atoms with E-state index in [9.17, 15) is 4.79 Å². The largest absolute Gasteiger partial charge is 0.497 e. The van der Waals surface area contributed by atoms with Gasteiger partial charge >= 0.3 is 5.97 Å². The van der Waals surface area contributed by atoms with Crippen molar-refractivity contribution >= 4 is 17.7 Å². The van der Waals surface area contributed by atoms with E-state index in [1.54, 1.807) is 30.1 Å². The van der Waals surface area contributed by atoms with Crippen molar-refractivity contribution in [2.45, 2.75) is 0 Å². The van der Waals surface area contributed by atoms with E-state index in [0.717, 1.165) is 17.4 Å². The lowest BCUT2D eigenvalue weighted by Crippen LogP contribution is -1.88. The molecule has 0 atom stereocenters. The fourth-order valence-corrected chi connectivity index (χ4v) is 2.17. The molecule has 0 bridgehead atoms. The van der Waals surface area contributed by atoms with E-state index >= 15 is 0 Å². The van der Waals surface area contributed by atoms with Crippen molar-refractivity contribution in [1.82, 2.24) is 14.6 Å². The Morgan fingerprint density at radius 2 is 2.09 bits per heavy atom. The standard InChI is InChI=1S/C16H13N3O3/c1-22-12-5-3-11(4-6-12)15-13(7-8-14(20)21)16-17-9-2-10-19(16)18-15/h2-10H,1H3,(H,20,21)/b8-7+. The Morgan fingerprint density at radius 3 is 2.77 bits per heavy atom. The van der Waals surface area contributed by atoms with Crippen molar-refractivity contribution in [2.24, 2.45) is 0 Å². The molecule has 22 heavy (non-hydrogen) atoms. The summed E-state index contributed by atoms with van der Waals surface area (Å²) in [4.78, 5) is 15.1. The second-order valence-corrected chi connectivity index (χ2v) is 4.55. The fraction of sp³-hybridized carbons (Fsp3) is 0.0625. The fourth-order valence-electron chi connectivity index (χ4n) is 2.17. The molecule has 1 N–H and O–H groups in total. The number of aliphatic carboxylic acids is 1. The number of carboxylic acid groups (broad SMARTS) is 1. The Hall–Kier alpha value is -3.15. The van der Waals surface area contributed by atoms with Crippen molar-refractivity contribution < 1.29 is 14.6 Å². The highest BCUT2D eigenvalue weighted by molar-refractivity contribution is 5.90. The monoisotopic (exact) mass is 295 g/mol. The average Bonchev–Trinajstić information content (AvgIpc) is 2.91. The van der Waals surface area contributed by atoms with Gasteiger partial charge in [0.15, 0.2) is 5.65 Å². The van der Waals surface area contributed by atoms with Crippen molar-refractivity contribution in [3.05, 3.63) is 54.4 Å². The maximum absolute atomic E-state index is 10.8. The van der Waals surface area contributed by atoms with E-state index in [0.29, 0.717) is 16.9 Å². The van der Waals surface area contributed by atoms with Gasteiger partial charge in [0.1, 0.15) is 11.4 Å². The first-order valence-corrected chi connectivity index (χ1v) is 6.58. The van der Waals surface area contributed by atoms with Gasteiger partial charge in [0.05, 0.1) is 7.11 Å². The molecule has 0 aliphatic heterocycles. The molecule has 0 unspecified atom stereocenters. The first-order valence-electron chi connectivity index (χ1n) is 6.58. The van der Waals surface area contributed by atoms with Crippen LogP contribution in [0.1, 0.15) is 5.56 Å². The van der Waals surface area contributed by atoms with E-state index < -0.39 is 5.97 Å². The summed E-state index contributed by atoms with van der Waals surface area (Å²) in [6.07, 6.45) is 6.01. The van der Waals surface area contributed by atoms with Crippen LogP contribution in [0.2, 0.25) is 0 Å². The van der Waals surface area contributed by atoms with Crippen LogP contribution in [0.3, 0.4) is 0 Å². The Balaban J connectivity index is 2.18. The van der Waals surface area contributed by atoms with Gasteiger partial charge in [-0.1, -0.05) is 0 Å². The van der Waals surface area contributed by atoms with Crippen LogP contribution in [0.15, 0.2) is 48.8 Å². The molecule has 0 spiro atoms. The zero-order valence-corrected chi connectivity index (χ0v) is 11.8. The summed E-state index contributed by atoms with van der Waals surface area (Å²) in [5.41, 5.74) is 2.79. The summed E-state index contributed by atoms with van der Waals surface area (Å²) < 4.78 is 6.77. The number of aromatic nitrogens is 3. The Bertz CT molecular complexity index is 851. The zero-order chi connectivity index (χ0) is 15.5. The summed E-state index contributed by atoms with van der Waals surface area (Å²) in [7, 11) is 1.60. The van der Waals surface area contributed by atoms with Crippen LogP contribution in [0.25, 0.3) is 23.0 Å². The minimum atomic E-state index is -1.02. The maximum atomic E-state index is 10.8. The molecule has 0 amide bonds. The number of fused-ring (bicyclic) bond motifs is 1. The molecule has 0 radical (unpaired) electrons. The molecule has 0 aliphatic carbocycles. The van der Waals surface area contributed by atoms with Gasteiger partial charge < -0.3 is 9.84 Å². The van der Waals surface area contributed by atoms with Crippen LogP contribution in [0.4, 0.5) is 0 Å². The van der Waals surface area contributed by atoms with Gasteiger partial charge in [0.25, 0.3) is 0 Å². The van der Waals surface area contributed by atoms with Crippen molar-refractivity contribution in [2.75, 3.05) is 7.11 Å². The van der Waals surface area contributed by atoms with Crippen LogP contribution < -0.4 is 4.74 Å². The molecule has 6 heteroatoms. The third-order valence-corrected chi connectivity index (χ3v) is 3.19. The Labute approximate surface area is 126 Å². The summed E-state index contributed by atoms with van der Waals surface area (Å²) in [6, 6.07) is 9.18. The molecule has 0 saturated carbocycles. The Morgan fingerprint density at radius 1 is 1.32 bits per heavy atom. The summed E-state index contributed by atoms with van der Waals surface area (Å²) in [5.74, 6) is -0.274. The second kappa shape index (κ2) is 5.69. The number of hydrogen-bond donors (Lipinski definition) is 1. The summed E-state index contributed by atoms with van der Waals surface area (Å²) in [5, 5.41) is 13.3. The van der Waals surface area contributed by atoms with Crippen LogP contribution in [-0.4, -0.2) is 32.8 Å².